The van der Waals surface area contributed by atoms with Crippen LogP contribution in [-0.4, -0.2) is 36.3 Å². The van der Waals surface area contributed by atoms with E-state index >= 15 is 0 Å². The number of benzene rings is 1. The lowest BCUT2D eigenvalue weighted by atomic mass is 10.2. The molecule has 1 aromatic rings. The van der Waals surface area contributed by atoms with E-state index in [0.29, 0.717) is 0 Å². The van der Waals surface area contributed by atoms with Crippen molar-refractivity contribution in [2.45, 2.75) is 6.92 Å². The molecule has 0 aliphatic carbocycles. The Bertz CT molecular complexity index is 578. The lowest BCUT2D eigenvalue weighted by molar-refractivity contribution is -0.140. The lowest BCUT2D eigenvalue weighted by Crippen LogP contribution is -2.25. The Morgan fingerprint density at radius 2 is 1.74 bits per heavy atom. The Morgan fingerprint density at radius 3 is 2.16 bits per heavy atom. The third kappa shape index (κ3) is 4.59. The molecule has 0 saturated carbocycles. The minimum Gasteiger partial charge on any atom is -0.481 e. The van der Waals surface area contributed by atoms with Crippen LogP contribution in [0.2, 0.25) is 0 Å². The van der Waals surface area contributed by atoms with E-state index < -0.39 is 33.6 Å². The Hall–Kier alpha value is -2.09. The number of hydrogen-bond donors (Lipinski definition) is 3. The Labute approximate surface area is 109 Å². The maximum atomic E-state index is 11.6. The zero-order valence-corrected chi connectivity index (χ0v) is 10.8. The number of carboxylic acids is 2. The van der Waals surface area contributed by atoms with Crippen LogP contribution in [0, 0.1) is 5.92 Å². The van der Waals surface area contributed by atoms with Gasteiger partial charge < -0.3 is 10.2 Å². The number of nitrogens with one attached hydrogen (secondary N) is 1. The monoisotopic (exact) mass is 287 g/mol. The maximum absolute atomic E-state index is 11.6. The molecule has 104 valence electrons. The molecule has 8 heteroatoms. The van der Waals surface area contributed by atoms with E-state index in [4.69, 9.17) is 10.2 Å². The summed E-state index contributed by atoms with van der Waals surface area (Å²) in [6, 6.07) is 5.10. The molecular weight excluding hydrogens is 274 g/mol. The Balaban J connectivity index is 2.78. The highest BCUT2D eigenvalue weighted by molar-refractivity contribution is 7.92. The molecule has 0 unspecified atom stereocenters. The largest absolute Gasteiger partial charge is 0.481 e. The average molecular weight is 287 g/mol. The zero-order chi connectivity index (χ0) is 14.6. The van der Waals surface area contributed by atoms with Crippen molar-refractivity contribution in [3.05, 3.63) is 29.8 Å². The number of carbonyl (C=O) groups is 2. The van der Waals surface area contributed by atoms with Gasteiger partial charge in [0.15, 0.2) is 0 Å². The predicted molar refractivity (Wildman–Crippen MR) is 67.6 cm³/mol. The molecule has 0 bridgehead atoms. The van der Waals surface area contributed by atoms with E-state index in [2.05, 4.69) is 4.72 Å². The van der Waals surface area contributed by atoms with Crippen molar-refractivity contribution in [2.75, 3.05) is 10.5 Å². The number of rotatable bonds is 6. The van der Waals surface area contributed by atoms with Crippen molar-refractivity contribution in [3.8, 4) is 0 Å². The van der Waals surface area contributed by atoms with Crippen molar-refractivity contribution in [3.63, 3.8) is 0 Å². The second-order valence-corrected chi connectivity index (χ2v) is 5.77. The highest BCUT2D eigenvalue weighted by atomic mass is 32.2. The second kappa shape index (κ2) is 5.70. The van der Waals surface area contributed by atoms with Crippen molar-refractivity contribution in [2.24, 2.45) is 5.92 Å². The van der Waals surface area contributed by atoms with E-state index in [9.17, 15) is 18.0 Å². The average Bonchev–Trinajstić information content (AvgIpc) is 2.28. The molecular formula is C11H13NO6S. The molecule has 3 N–H and O–H groups in total. The number of sulfonamides is 1. The molecule has 0 saturated heterocycles. The van der Waals surface area contributed by atoms with Gasteiger partial charge in [-0.05, 0) is 24.3 Å². The van der Waals surface area contributed by atoms with Crippen LogP contribution in [-0.2, 0) is 14.8 Å². The first-order valence-electron chi connectivity index (χ1n) is 5.28. The number of anilines is 1. The van der Waals surface area contributed by atoms with Crippen molar-refractivity contribution < 1.29 is 28.2 Å². The van der Waals surface area contributed by atoms with Gasteiger partial charge in [-0.2, -0.15) is 0 Å². The summed E-state index contributed by atoms with van der Waals surface area (Å²) >= 11 is 0. The van der Waals surface area contributed by atoms with Crippen LogP contribution >= 0.6 is 0 Å². The van der Waals surface area contributed by atoms with Gasteiger partial charge in [0.2, 0.25) is 10.0 Å². The van der Waals surface area contributed by atoms with Gasteiger partial charge in [-0.15, -0.1) is 0 Å². The lowest BCUT2D eigenvalue weighted by Gasteiger charge is -2.10. The molecule has 0 fully saturated rings. The third-order valence-electron chi connectivity index (χ3n) is 2.30. The summed E-state index contributed by atoms with van der Waals surface area (Å²) in [4.78, 5) is 21.2. The molecule has 0 amide bonds. The molecule has 0 aliphatic heterocycles. The topological polar surface area (TPSA) is 121 Å². The van der Waals surface area contributed by atoms with Crippen LogP contribution in [0.3, 0.4) is 0 Å². The standard InChI is InChI=1S/C11H13NO6S/c1-7(10(13)14)6-19(17,18)12-9-4-2-8(3-5-9)11(15)16/h2-5,7,12H,6H2,1H3,(H,13,14)(H,15,16)/t7-/m1/s1. The number of carboxylic acid groups (broad SMARTS) is 2. The SMILES string of the molecule is C[C@H](CS(=O)(=O)Nc1ccc(C(=O)O)cc1)C(=O)O. The Kier molecular flexibility index (Phi) is 4.49. The normalized spacial score (nSPS) is 12.7. The van der Waals surface area contributed by atoms with E-state index in [1.165, 1.54) is 31.2 Å². The molecule has 1 rings (SSSR count). The smallest absolute Gasteiger partial charge is 0.335 e. The summed E-state index contributed by atoms with van der Waals surface area (Å²) in [5, 5.41) is 17.3. The molecule has 7 nitrogen and oxygen atoms in total. The first-order valence-corrected chi connectivity index (χ1v) is 6.93. The fourth-order valence-corrected chi connectivity index (χ4v) is 2.68. The van der Waals surface area contributed by atoms with Gasteiger partial charge in [-0.3, -0.25) is 9.52 Å². The van der Waals surface area contributed by atoms with Crippen LogP contribution in [0.4, 0.5) is 5.69 Å². The van der Waals surface area contributed by atoms with E-state index in [-0.39, 0.29) is 11.3 Å². The summed E-state index contributed by atoms with van der Waals surface area (Å²) in [6.07, 6.45) is 0. The van der Waals surface area contributed by atoms with Crippen molar-refractivity contribution in [1.82, 2.24) is 0 Å². The van der Waals surface area contributed by atoms with Crippen LogP contribution in [0.25, 0.3) is 0 Å². The highest BCUT2D eigenvalue weighted by Gasteiger charge is 2.20. The molecule has 0 heterocycles. The first kappa shape index (κ1) is 15.0. The van der Waals surface area contributed by atoms with Crippen LogP contribution in [0.5, 0.6) is 0 Å². The van der Waals surface area contributed by atoms with Crippen LogP contribution < -0.4 is 4.72 Å². The number of aliphatic carboxylic acids is 1. The highest BCUT2D eigenvalue weighted by Crippen LogP contribution is 2.13. The van der Waals surface area contributed by atoms with Gasteiger partial charge in [0.1, 0.15) is 0 Å². The number of hydrogen-bond acceptors (Lipinski definition) is 4. The van der Waals surface area contributed by atoms with E-state index in [1.54, 1.807) is 0 Å². The summed E-state index contributed by atoms with van der Waals surface area (Å²) in [6.45, 7) is 1.29. The Morgan fingerprint density at radius 1 is 1.21 bits per heavy atom. The summed E-state index contributed by atoms with van der Waals surface area (Å²) in [5.74, 6) is -3.90. The summed E-state index contributed by atoms with van der Waals surface area (Å²) in [7, 11) is -3.79. The molecule has 0 spiro atoms. The second-order valence-electron chi connectivity index (χ2n) is 4.01. The summed E-state index contributed by atoms with van der Waals surface area (Å²) < 4.78 is 25.5. The van der Waals surface area contributed by atoms with Gasteiger partial charge in [0.05, 0.1) is 17.2 Å². The molecule has 1 atom stereocenters. The minimum atomic E-state index is -3.79. The van der Waals surface area contributed by atoms with Crippen LogP contribution in [0.15, 0.2) is 24.3 Å². The molecule has 1 aromatic carbocycles. The first-order chi connectivity index (χ1) is 8.71. The zero-order valence-electron chi connectivity index (χ0n) is 10.0. The fraction of sp³-hybridized carbons (Fsp3) is 0.273. The minimum absolute atomic E-state index is 0.0295. The quantitative estimate of drug-likeness (QED) is 0.713. The van der Waals surface area contributed by atoms with Gasteiger partial charge in [0.25, 0.3) is 0 Å². The third-order valence-corrected chi connectivity index (χ3v) is 3.78. The van der Waals surface area contributed by atoms with Gasteiger partial charge in [-0.1, -0.05) is 6.92 Å². The molecule has 0 aromatic heterocycles. The van der Waals surface area contributed by atoms with Crippen molar-refractivity contribution >= 4 is 27.6 Å². The number of aromatic carboxylic acids is 1. The maximum Gasteiger partial charge on any atom is 0.335 e. The van der Waals surface area contributed by atoms with Crippen molar-refractivity contribution in [1.29, 1.82) is 0 Å². The molecule has 19 heavy (non-hydrogen) atoms. The molecule has 0 radical (unpaired) electrons. The van der Waals surface area contributed by atoms with Gasteiger partial charge in [-0.25, -0.2) is 13.2 Å². The fourth-order valence-electron chi connectivity index (χ4n) is 1.30. The van der Waals surface area contributed by atoms with E-state index in [0.717, 1.165) is 0 Å². The van der Waals surface area contributed by atoms with Gasteiger partial charge >= 0.3 is 11.9 Å². The van der Waals surface area contributed by atoms with Crippen LogP contribution in [0.1, 0.15) is 17.3 Å². The van der Waals surface area contributed by atoms with E-state index in [1.807, 2.05) is 0 Å². The molecule has 0 aliphatic rings. The summed E-state index contributed by atoms with van der Waals surface area (Å²) in [5.41, 5.74) is 0.212. The van der Waals surface area contributed by atoms with Gasteiger partial charge in [0, 0.05) is 5.69 Å². The predicted octanol–water partition coefficient (Wildman–Crippen LogP) is 0.847.